The smallest absolute Gasteiger partial charge is 0.257 e. The number of ether oxygens (including phenoxy) is 1. The number of alkyl halides is 2. The maximum absolute atomic E-state index is 14.6. The number of carbonyl (C=O) groups excluding carboxylic acids is 1. The number of hydrogen-bond acceptors (Lipinski definition) is 6. The summed E-state index contributed by atoms with van der Waals surface area (Å²) in [7, 11) is 0. The van der Waals surface area contributed by atoms with Gasteiger partial charge in [0.05, 0.1) is 12.0 Å². The molecule has 0 aliphatic carbocycles. The van der Waals surface area contributed by atoms with Crippen molar-refractivity contribution in [3.63, 3.8) is 0 Å². The first-order chi connectivity index (χ1) is 16.2. The molecule has 1 amide bonds. The van der Waals surface area contributed by atoms with Crippen molar-refractivity contribution in [2.75, 3.05) is 18.4 Å². The first-order valence-electron chi connectivity index (χ1n) is 10.6. The lowest BCUT2D eigenvalue weighted by molar-refractivity contribution is -0.125. The van der Waals surface area contributed by atoms with Gasteiger partial charge in [-0.3, -0.25) is 14.5 Å². The van der Waals surface area contributed by atoms with Crippen LogP contribution >= 0.6 is 0 Å². The predicted molar refractivity (Wildman–Crippen MR) is 118 cm³/mol. The predicted octanol–water partition coefficient (Wildman–Crippen LogP) is 3.55. The minimum atomic E-state index is -2.96. The van der Waals surface area contributed by atoms with Gasteiger partial charge in [-0.25, -0.2) is 13.2 Å². The van der Waals surface area contributed by atoms with Gasteiger partial charge in [-0.15, -0.1) is 10.2 Å². The summed E-state index contributed by atoms with van der Waals surface area (Å²) in [6.45, 7) is 1.61. The largest absolute Gasteiger partial charge is 0.438 e. The Labute approximate surface area is 192 Å². The van der Waals surface area contributed by atoms with E-state index >= 15 is 0 Å². The maximum atomic E-state index is 14.6. The monoisotopic (exact) mass is 473 g/mol. The number of nitrogens with zero attached hydrogens (tertiary/aromatic N) is 3. The summed E-state index contributed by atoms with van der Waals surface area (Å²) in [6, 6.07) is 10.2. The van der Waals surface area contributed by atoms with Crippen molar-refractivity contribution in [3.8, 4) is 11.6 Å². The highest BCUT2D eigenvalue weighted by Gasteiger charge is 2.46. The van der Waals surface area contributed by atoms with E-state index in [0.29, 0.717) is 11.3 Å². The first kappa shape index (κ1) is 23.4. The van der Waals surface area contributed by atoms with Gasteiger partial charge in [0.2, 0.25) is 17.3 Å². The van der Waals surface area contributed by atoms with Gasteiger partial charge in [-0.05, 0) is 42.8 Å². The van der Waals surface area contributed by atoms with Crippen LogP contribution in [0.4, 0.5) is 19.0 Å². The molecule has 1 fully saturated rings. The van der Waals surface area contributed by atoms with E-state index in [2.05, 4.69) is 20.5 Å². The number of aromatic amines is 1. The number of halogens is 3. The summed E-state index contributed by atoms with van der Waals surface area (Å²) in [6.07, 6.45) is 0.879. The van der Waals surface area contributed by atoms with E-state index in [0.717, 1.165) is 0 Å². The number of H-pyrrole nitrogens is 1. The number of nitrogens with one attached hydrogen (secondary N) is 2. The maximum Gasteiger partial charge on any atom is 0.257 e. The topological polar surface area (TPSA) is 100 Å². The Bertz CT molecular complexity index is 1180. The van der Waals surface area contributed by atoms with Gasteiger partial charge in [0, 0.05) is 37.8 Å². The van der Waals surface area contributed by atoms with Gasteiger partial charge < -0.3 is 15.0 Å². The fourth-order valence-corrected chi connectivity index (χ4v) is 3.73. The number of anilines is 1. The van der Waals surface area contributed by atoms with Crippen LogP contribution < -0.4 is 15.6 Å². The number of aromatic nitrogens is 3. The molecular weight excluding hydrogens is 451 g/mol. The van der Waals surface area contributed by atoms with Gasteiger partial charge in [0.1, 0.15) is 11.6 Å². The second-order valence-corrected chi connectivity index (χ2v) is 8.02. The van der Waals surface area contributed by atoms with Crippen molar-refractivity contribution < 1.29 is 22.7 Å². The second kappa shape index (κ2) is 9.64. The Morgan fingerprint density at radius 3 is 2.59 bits per heavy atom. The Kier molecular flexibility index (Phi) is 6.64. The van der Waals surface area contributed by atoms with Crippen LogP contribution in [0, 0.1) is 5.82 Å². The number of amides is 1. The summed E-state index contributed by atoms with van der Waals surface area (Å²) in [5.74, 6) is -4.24. The highest BCUT2D eigenvalue weighted by molar-refractivity contribution is 5.93. The lowest BCUT2D eigenvalue weighted by atomic mass is 9.87. The van der Waals surface area contributed by atoms with Crippen LogP contribution in [0.15, 0.2) is 59.5 Å². The van der Waals surface area contributed by atoms with E-state index in [-0.39, 0.29) is 30.3 Å². The van der Waals surface area contributed by atoms with Gasteiger partial charge in [-0.1, -0.05) is 6.07 Å². The molecule has 2 N–H and O–H groups in total. The van der Waals surface area contributed by atoms with Crippen LogP contribution in [0.25, 0.3) is 0 Å². The number of pyridine rings is 1. The highest BCUT2D eigenvalue weighted by atomic mass is 19.3. The van der Waals surface area contributed by atoms with E-state index < -0.39 is 36.0 Å². The van der Waals surface area contributed by atoms with Crippen molar-refractivity contribution in [1.29, 1.82) is 0 Å². The van der Waals surface area contributed by atoms with Crippen molar-refractivity contribution in [2.24, 2.45) is 0 Å². The third-order valence-corrected chi connectivity index (χ3v) is 5.72. The van der Waals surface area contributed by atoms with Crippen LogP contribution in [-0.2, 0) is 4.79 Å². The molecule has 1 aromatic carbocycles. The third-order valence-electron chi connectivity index (χ3n) is 5.72. The molecule has 34 heavy (non-hydrogen) atoms. The molecular formula is C23H22F3N5O3. The third kappa shape index (κ3) is 5.42. The minimum Gasteiger partial charge on any atom is -0.438 e. The lowest BCUT2D eigenvalue weighted by Crippen LogP contribution is -2.52. The van der Waals surface area contributed by atoms with Crippen molar-refractivity contribution in [2.45, 2.75) is 31.2 Å². The zero-order valence-corrected chi connectivity index (χ0v) is 18.2. The zero-order valence-electron chi connectivity index (χ0n) is 18.2. The normalized spacial score (nSPS) is 18.8. The summed E-state index contributed by atoms with van der Waals surface area (Å²) in [5.41, 5.74) is -0.0628. The molecule has 0 saturated carbocycles. The summed E-state index contributed by atoms with van der Waals surface area (Å²) in [4.78, 5) is 28.1. The Hall–Kier alpha value is -3.73. The Balaban J connectivity index is 1.38. The van der Waals surface area contributed by atoms with Crippen LogP contribution in [0.5, 0.6) is 11.6 Å². The number of benzene rings is 1. The summed E-state index contributed by atoms with van der Waals surface area (Å²) < 4.78 is 47.6. The van der Waals surface area contributed by atoms with Gasteiger partial charge in [-0.2, -0.15) is 0 Å². The number of hydrogen-bond donors (Lipinski definition) is 2. The second-order valence-electron chi connectivity index (χ2n) is 8.02. The number of piperidine rings is 1. The van der Waals surface area contributed by atoms with E-state index in [9.17, 15) is 22.8 Å². The molecule has 0 bridgehead atoms. The molecule has 11 heteroatoms. The van der Waals surface area contributed by atoms with Crippen molar-refractivity contribution >= 4 is 11.7 Å². The Morgan fingerprint density at radius 1 is 1.18 bits per heavy atom. The van der Waals surface area contributed by atoms with Crippen molar-refractivity contribution in [1.82, 2.24) is 20.1 Å². The van der Waals surface area contributed by atoms with Crippen LogP contribution in [0.3, 0.4) is 0 Å². The zero-order chi connectivity index (χ0) is 24.3. The fraction of sp³-hybridized carbons (Fsp3) is 0.304. The van der Waals surface area contributed by atoms with Crippen LogP contribution in [0.1, 0.15) is 24.8 Å². The highest BCUT2D eigenvalue weighted by Crippen LogP contribution is 2.40. The first-order valence-corrected chi connectivity index (χ1v) is 10.6. The molecule has 2 atom stereocenters. The molecule has 1 aliphatic heterocycles. The van der Waals surface area contributed by atoms with Crippen LogP contribution in [0.2, 0.25) is 0 Å². The SMILES string of the molecule is CC(C(=O)Nc1ccc(Oc2ccc(F)cc2)nn1)N1CCC(F)(F)C(c2ccc(=O)[nH]c2)C1. The molecule has 8 nitrogen and oxygen atoms in total. The van der Waals surface area contributed by atoms with E-state index in [4.69, 9.17) is 4.74 Å². The number of carbonyl (C=O) groups is 1. The Morgan fingerprint density at radius 2 is 1.94 bits per heavy atom. The fourth-order valence-electron chi connectivity index (χ4n) is 3.73. The minimum absolute atomic E-state index is 0.0393. The molecule has 3 aromatic rings. The van der Waals surface area contributed by atoms with Gasteiger partial charge in [0.25, 0.3) is 5.92 Å². The average Bonchev–Trinajstić information content (AvgIpc) is 2.82. The van der Waals surface area contributed by atoms with Crippen LogP contribution in [-0.4, -0.2) is 51.0 Å². The molecule has 0 spiro atoms. The number of rotatable bonds is 6. The molecule has 1 saturated heterocycles. The van der Waals surface area contributed by atoms with E-state index in [1.165, 1.54) is 54.7 Å². The number of likely N-dealkylation sites (tertiary alicyclic amines) is 1. The molecule has 2 unspecified atom stereocenters. The molecule has 2 aromatic heterocycles. The van der Waals surface area contributed by atoms with E-state index in [1.807, 2.05) is 0 Å². The molecule has 0 radical (unpaired) electrons. The standard InChI is InChI=1S/C23H22F3N5O3/c1-14(31-11-10-23(25,26)18(13-31)15-2-8-20(32)27-12-15)22(33)28-19-7-9-21(30-29-19)34-17-5-3-16(24)4-6-17/h2-9,12,14,18H,10-11,13H2,1H3,(H,27,32)(H,28,29,33). The summed E-state index contributed by atoms with van der Waals surface area (Å²) in [5, 5.41) is 10.4. The van der Waals surface area contributed by atoms with Gasteiger partial charge >= 0.3 is 0 Å². The molecule has 1 aliphatic rings. The quantitative estimate of drug-likeness (QED) is 0.568. The molecule has 4 rings (SSSR count). The lowest BCUT2D eigenvalue weighted by Gasteiger charge is -2.40. The van der Waals surface area contributed by atoms with Gasteiger partial charge in [0.15, 0.2) is 5.82 Å². The van der Waals surface area contributed by atoms with Crippen molar-refractivity contribution in [3.05, 3.63) is 76.5 Å². The molecule has 178 valence electrons. The average molecular weight is 473 g/mol. The van der Waals surface area contributed by atoms with E-state index in [1.54, 1.807) is 11.8 Å². The molecule has 3 heterocycles. The summed E-state index contributed by atoms with van der Waals surface area (Å²) >= 11 is 0.